The molecule has 0 saturated carbocycles. The molecule has 0 radical (unpaired) electrons. The number of amides is 2. The highest BCUT2D eigenvalue weighted by Gasteiger charge is 2.39. The van der Waals surface area contributed by atoms with E-state index in [1.54, 1.807) is 31.5 Å². The minimum Gasteiger partial charge on any atom is -0.497 e. The van der Waals surface area contributed by atoms with Gasteiger partial charge in [-0.15, -0.1) is 0 Å². The van der Waals surface area contributed by atoms with Crippen molar-refractivity contribution in [3.8, 4) is 5.75 Å². The standard InChI is InChI=1S/C20H14F3N3O3S/c1-29-10-4-5-11-14(9-10)30-13-3-2-8-24-17(13)16(11)26-19(28)12-6-7-15(20(21,22)23)25-18(12)27/h2-9,12,16H,1H3,(H,26,28). The van der Waals surface area contributed by atoms with Crippen LogP contribution in [0.1, 0.15) is 17.3 Å². The molecule has 2 aliphatic rings. The number of aliphatic imine (C=N–C) groups is 1. The van der Waals surface area contributed by atoms with Crippen molar-refractivity contribution in [3.05, 3.63) is 59.9 Å². The molecule has 2 aromatic rings. The van der Waals surface area contributed by atoms with Gasteiger partial charge in [-0.2, -0.15) is 13.2 Å². The molecule has 0 aliphatic carbocycles. The summed E-state index contributed by atoms with van der Waals surface area (Å²) in [4.78, 5) is 33.9. The number of pyridine rings is 1. The van der Waals surface area contributed by atoms with E-state index in [1.807, 2.05) is 12.1 Å². The van der Waals surface area contributed by atoms with Crippen LogP contribution < -0.4 is 10.1 Å². The Morgan fingerprint density at radius 3 is 2.73 bits per heavy atom. The van der Waals surface area contributed by atoms with Crippen LogP contribution in [0.4, 0.5) is 13.2 Å². The first-order chi connectivity index (χ1) is 14.3. The van der Waals surface area contributed by atoms with Crippen LogP contribution in [0.25, 0.3) is 0 Å². The van der Waals surface area contributed by atoms with Crippen LogP contribution in [0.15, 0.2) is 63.5 Å². The van der Waals surface area contributed by atoms with Gasteiger partial charge >= 0.3 is 6.18 Å². The monoisotopic (exact) mass is 433 g/mol. The number of hydrogen-bond donors (Lipinski definition) is 1. The van der Waals surface area contributed by atoms with E-state index in [0.29, 0.717) is 17.5 Å². The smallest absolute Gasteiger partial charge is 0.433 e. The Balaban J connectivity index is 1.64. The van der Waals surface area contributed by atoms with Gasteiger partial charge in [-0.3, -0.25) is 14.6 Å². The number of dihydropyridines is 1. The SMILES string of the molecule is COc1ccc2c(c1)Sc1cccnc1C2NC(=O)C1C=CC(C(F)(F)F)=NC1=O. The van der Waals surface area contributed by atoms with Gasteiger partial charge in [0.2, 0.25) is 5.91 Å². The van der Waals surface area contributed by atoms with Crippen molar-refractivity contribution < 1.29 is 27.5 Å². The summed E-state index contributed by atoms with van der Waals surface area (Å²) in [6, 6.07) is 8.27. The maximum atomic E-state index is 12.8. The van der Waals surface area contributed by atoms with E-state index in [1.165, 1.54) is 11.8 Å². The van der Waals surface area contributed by atoms with Gasteiger partial charge < -0.3 is 10.1 Å². The van der Waals surface area contributed by atoms with Crippen molar-refractivity contribution in [1.29, 1.82) is 0 Å². The second kappa shape index (κ2) is 7.60. The largest absolute Gasteiger partial charge is 0.497 e. The quantitative estimate of drug-likeness (QED) is 0.750. The van der Waals surface area contributed by atoms with E-state index in [9.17, 15) is 22.8 Å². The highest BCUT2D eigenvalue weighted by Crippen LogP contribution is 2.45. The fourth-order valence-electron chi connectivity index (χ4n) is 3.17. The molecule has 4 rings (SSSR count). The number of carbonyl (C=O) groups excluding carboxylic acids is 2. The van der Waals surface area contributed by atoms with Crippen molar-refractivity contribution in [1.82, 2.24) is 10.3 Å². The predicted molar refractivity (Wildman–Crippen MR) is 102 cm³/mol. The molecule has 2 atom stereocenters. The molecule has 2 aliphatic heterocycles. The molecule has 0 fully saturated rings. The highest BCUT2D eigenvalue weighted by atomic mass is 32.2. The van der Waals surface area contributed by atoms with Crippen LogP contribution in [0.2, 0.25) is 0 Å². The lowest BCUT2D eigenvalue weighted by molar-refractivity contribution is -0.132. The van der Waals surface area contributed by atoms with E-state index in [4.69, 9.17) is 4.74 Å². The van der Waals surface area contributed by atoms with E-state index in [-0.39, 0.29) is 0 Å². The molecule has 0 bridgehead atoms. The molecule has 1 aromatic carbocycles. The summed E-state index contributed by atoms with van der Waals surface area (Å²) >= 11 is 1.46. The zero-order valence-corrected chi connectivity index (χ0v) is 16.3. The second-order valence-corrected chi connectivity index (χ2v) is 7.59. The van der Waals surface area contributed by atoms with Crippen LogP contribution >= 0.6 is 11.8 Å². The summed E-state index contributed by atoms with van der Waals surface area (Å²) in [5.41, 5.74) is 0.00220. The summed E-state index contributed by atoms with van der Waals surface area (Å²) < 4.78 is 43.5. The number of ether oxygens (including phenoxy) is 1. The maximum Gasteiger partial charge on any atom is 0.433 e. The summed E-state index contributed by atoms with van der Waals surface area (Å²) in [7, 11) is 1.54. The molecule has 1 N–H and O–H groups in total. The average molecular weight is 433 g/mol. The van der Waals surface area contributed by atoms with Crippen molar-refractivity contribution in [2.24, 2.45) is 10.9 Å². The van der Waals surface area contributed by atoms with Gasteiger partial charge in [0, 0.05) is 16.0 Å². The maximum absolute atomic E-state index is 12.8. The van der Waals surface area contributed by atoms with Crippen LogP contribution in [-0.4, -0.2) is 35.8 Å². The number of aromatic nitrogens is 1. The van der Waals surface area contributed by atoms with Crippen molar-refractivity contribution in [2.75, 3.05) is 7.11 Å². The number of benzene rings is 1. The van der Waals surface area contributed by atoms with Gasteiger partial charge in [-0.1, -0.05) is 23.9 Å². The molecule has 0 spiro atoms. The van der Waals surface area contributed by atoms with Crippen molar-refractivity contribution in [2.45, 2.75) is 22.0 Å². The Bertz CT molecular complexity index is 1100. The molecule has 6 nitrogen and oxygen atoms in total. The van der Waals surface area contributed by atoms with Gasteiger partial charge in [0.1, 0.15) is 17.4 Å². The number of allylic oxidation sites excluding steroid dienone is 1. The zero-order chi connectivity index (χ0) is 21.5. The van der Waals surface area contributed by atoms with Crippen LogP contribution in [0, 0.1) is 5.92 Å². The first-order valence-electron chi connectivity index (χ1n) is 8.77. The minimum atomic E-state index is -4.75. The number of carbonyl (C=O) groups is 2. The zero-order valence-electron chi connectivity index (χ0n) is 15.4. The third-order valence-corrected chi connectivity index (χ3v) is 5.77. The molecule has 10 heteroatoms. The second-order valence-electron chi connectivity index (χ2n) is 6.50. The fourth-order valence-corrected chi connectivity index (χ4v) is 4.31. The summed E-state index contributed by atoms with van der Waals surface area (Å²) in [6.45, 7) is 0. The number of alkyl halides is 3. The van der Waals surface area contributed by atoms with E-state index in [2.05, 4.69) is 15.3 Å². The summed E-state index contributed by atoms with van der Waals surface area (Å²) in [5, 5.41) is 2.74. The Kier molecular flexibility index (Phi) is 5.10. The van der Waals surface area contributed by atoms with Gasteiger partial charge in [-0.25, -0.2) is 4.99 Å². The van der Waals surface area contributed by atoms with E-state index >= 15 is 0 Å². The Hall–Kier alpha value is -3.14. The van der Waals surface area contributed by atoms with Crippen molar-refractivity contribution in [3.63, 3.8) is 0 Å². The number of nitrogens with zero attached hydrogens (tertiary/aromatic N) is 2. The van der Waals surface area contributed by atoms with Gasteiger partial charge in [-0.05, 0) is 35.9 Å². The lowest BCUT2D eigenvalue weighted by atomic mass is 9.98. The number of rotatable bonds is 3. The average Bonchev–Trinajstić information content (AvgIpc) is 2.72. The molecule has 154 valence electrons. The molecular weight excluding hydrogens is 419 g/mol. The van der Waals surface area contributed by atoms with Gasteiger partial charge in [0.05, 0.1) is 18.8 Å². The molecule has 3 heterocycles. The fraction of sp³-hybridized carbons (Fsp3) is 0.200. The number of hydrogen-bond acceptors (Lipinski definition) is 5. The third-order valence-electron chi connectivity index (χ3n) is 4.63. The molecule has 2 amide bonds. The lowest BCUT2D eigenvalue weighted by Gasteiger charge is -2.28. The highest BCUT2D eigenvalue weighted by molar-refractivity contribution is 7.99. The molecule has 0 saturated heterocycles. The number of methoxy groups -OCH3 is 1. The molecule has 2 unspecified atom stereocenters. The first-order valence-corrected chi connectivity index (χ1v) is 9.58. The minimum absolute atomic E-state index is 0.584. The summed E-state index contributed by atoms with van der Waals surface area (Å²) in [5.74, 6) is -2.72. The lowest BCUT2D eigenvalue weighted by Crippen LogP contribution is -2.40. The van der Waals surface area contributed by atoms with Gasteiger partial charge in [0.25, 0.3) is 5.91 Å². The van der Waals surface area contributed by atoms with Crippen LogP contribution in [0.3, 0.4) is 0 Å². The first kappa shape index (κ1) is 20.1. The van der Waals surface area contributed by atoms with Crippen LogP contribution in [0.5, 0.6) is 5.75 Å². The van der Waals surface area contributed by atoms with Crippen molar-refractivity contribution >= 4 is 29.3 Å². The van der Waals surface area contributed by atoms with E-state index < -0.39 is 35.7 Å². The van der Waals surface area contributed by atoms with Crippen LogP contribution in [-0.2, 0) is 9.59 Å². The molecule has 30 heavy (non-hydrogen) atoms. The number of nitrogens with one attached hydrogen (secondary N) is 1. The van der Waals surface area contributed by atoms with Gasteiger partial charge in [0.15, 0.2) is 0 Å². The normalized spacial score (nSPS) is 20.1. The third kappa shape index (κ3) is 3.70. The van der Waals surface area contributed by atoms with E-state index in [0.717, 1.165) is 21.4 Å². The number of fused-ring (bicyclic) bond motifs is 2. The Morgan fingerprint density at radius 1 is 1.23 bits per heavy atom. The number of halogens is 3. The molecule has 1 aromatic heterocycles. The Labute approximate surface area is 173 Å². The predicted octanol–water partition coefficient (Wildman–Crippen LogP) is 3.48. The topological polar surface area (TPSA) is 80.7 Å². The summed E-state index contributed by atoms with van der Waals surface area (Å²) in [6.07, 6.45) is -1.61. The Morgan fingerprint density at radius 2 is 2.03 bits per heavy atom. The molecular formula is C20H14F3N3O3S.